The fourth-order valence-electron chi connectivity index (χ4n) is 4.05. The summed E-state index contributed by atoms with van der Waals surface area (Å²) in [7, 11) is 0. The molecule has 0 saturated heterocycles. The van der Waals surface area contributed by atoms with Crippen LogP contribution in [0, 0.1) is 0 Å². The number of carbonyl (C=O) groups is 2. The first-order chi connectivity index (χ1) is 20.3. The van der Waals surface area contributed by atoms with Crippen LogP contribution in [0.3, 0.4) is 0 Å². The number of carbonyl (C=O) groups excluding carboxylic acids is 2. The van der Waals surface area contributed by atoms with E-state index in [-0.39, 0.29) is 42.5 Å². The third-order valence-corrected chi connectivity index (χ3v) is 6.14. The fourth-order valence-corrected chi connectivity index (χ4v) is 4.05. The molecule has 0 saturated carbocycles. The van der Waals surface area contributed by atoms with Crippen molar-refractivity contribution in [2.75, 3.05) is 17.7 Å². The minimum Gasteiger partial charge on any atom is -0.383 e. The first-order valence-corrected chi connectivity index (χ1v) is 12.7. The number of anilines is 2. The van der Waals surface area contributed by atoms with Crippen LogP contribution in [-0.4, -0.2) is 43.1 Å². The van der Waals surface area contributed by atoms with Gasteiger partial charge in [0.25, 0.3) is 0 Å². The average molecular weight is 610 g/mol. The zero-order valence-corrected chi connectivity index (χ0v) is 22.5. The van der Waals surface area contributed by atoms with Crippen molar-refractivity contribution in [2.24, 2.45) is 0 Å². The number of nitrogens with two attached hydrogens (primary N) is 1. The number of rotatable bonds is 9. The first-order valence-electron chi connectivity index (χ1n) is 12.7. The molecule has 3 heterocycles. The molecule has 0 radical (unpaired) electrons. The van der Waals surface area contributed by atoms with Crippen LogP contribution in [0.1, 0.15) is 35.7 Å². The number of hydrogen-bond donors (Lipinski definition) is 2. The van der Waals surface area contributed by atoms with Gasteiger partial charge in [0.1, 0.15) is 18.2 Å². The maximum absolute atomic E-state index is 13.4. The molecule has 1 aromatic carbocycles. The monoisotopic (exact) mass is 609 g/mol. The number of nitrogen functional groups attached to an aromatic ring is 1. The van der Waals surface area contributed by atoms with Gasteiger partial charge in [0, 0.05) is 25.9 Å². The van der Waals surface area contributed by atoms with Gasteiger partial charge < -0.3 is 20.7 Å². The quantitative estimate of drug-likeness (QED) is 0.155. The molecule has 0 aliphatic rings. The van der Waals surface area contributed by atoms with E-state index in [2.05, 4.69) is 20.4 Å². The standard InChI is InChI=1S/C27H25F6N7O3/c1-2-9-43-15-40-22-19(11-37-40)23(34)36-12-20(22)38-24(41)25(42)39(13-16-3-6-18(7-4-16)26(28,29)30)14-17-5-8-21(35-10-17)27(31,32)33/h3-8,10-12H,2,9,13-15H2,1H3,(H2,34,36)(H,38,41). The summed E-state index contributed by atoms with van der Waals surface area (Å²) < 4.78 is 84.9. The van der Waals surface area contributed by atoms with Gasteiger partial charge in [-0.15, -0.1) is 0 Å². The van der Waals surface area contributed by atoms with E-state index in [0.29, 0.717) is 23.6 Å². The van der Waals surface area contributed by atoms with Crippen LogP contribution < -0.4 is 11.1 Å². The van der Waals surface area contributed by atoms with Gasteiger partial charge in [0.05, 0.1) is 34.5 Å². The summed E-state index contributed by atoms with van der Waals surface area (Å²) in [5.74, 6) is -2.17. The number of alkyl halides is 6. The van der Waals surface area contributed by atoms with Crippen LogP contribution >= 0.6 is 0 Å². The molecular formula is C27H25F6N7O3. The number of nitrogens with one attached hydrogen (secondary N) is 1. The molecule has 3 N–H and O–H groups in total. The summed E-state index contributed by atoms with van der Waals surface area (Å²) in [6, 6.07) is 5.70. The first kappa shape index (κ1) is 31.2. The lowest BCUT2D eigenvalue weighted by atomic mass is 10.1. The smallest absolute Gasteiger partial charge is 0.383 e. The minimum absolute atomic E-state index is 0.0125. The molecule has 4 rings (SSSR count). The Bertz CT molecular complexity index is 1530. The predicted molar refractivity (Wildman–Crippen MR) is 142 cm³/mol. The van der Waals surface area contributed by atoms with E-state index >= 15 is 0 Å². The second kappa shape index (κ2) is 12.6. The Kier molecular flexibility index (Phi) is 9.18. The maximum Gasteiger partial charge on any atom is 0.433 e. The van der Waals surface area contributed by atoms with E-state index < -0.39 is 35.4 Å². The molecule has 10 nitrogen and oxygen atoms in total. The molecule has 228 valence electrons. The highest BCUT2D eigenvalue weighted by Gasteiger charge is 2.33. The molecule has 4 aromatic rings. The van der Waals surface area contributed by atoms with Crippen molar-refractivity contribution in [3.05, 3.63) is 77.4 Å². The van der Waals surface area contributed by atoms with Gasteiger partial charge in [-0.25, -0.2) is 9.67 Å². The van der Waals surface area contributed by atoms with Gasteiger partial charge in [0.2, 0.25) is 0 Å². The Morgan fingerprint density at radius 1 is 0.930 bits per heavy atom. The summed E-state index contributed by atoms with van der Waals surface area (Å²) in [4.78, 5) is 34.9. The average Bonchev–Trinajstić information content (AvgIpc) is 3.38. The Morgan fingerprint density at radius 3 is 2.21 bits per heavy atom. The number of nitrogens with zero attached hydrogens (tertiary/aromatic N) is 5. The lowest BCUT2D eigenvalue weighted by Crippen LogP contribution is -2.39. The SMILES string of the molecule is CCCOCn1ncc2c(N)ncc(NC(=O)C(=O)N(Cc3ccc(C(F)(F)F)cc3)Cc3ccc(C(F)(F)F)nc3)c21. The van der Waals surface area contributed by atoms with Crippen LogP contribution in [0.15, 0.2) is 55.0 Å². The summed E-state index contributed by atoms with van der Waals surface area (Å²) in [6.45, 7) is 1.64. The zero-order chi connectivity index (χ0) is 31.4. The molecule has 0 fully saturated rings. The van der Waals surface area contributed by atoms with Crippen molar-refractivity contribution in [3.8, 4) is 0 Å². The number of fused-ring (bicyclic) bond motifs is 1. The van der Waals surface area contributed by atoms with Crippen molar-refractivity contribution < 1.29 is 40.7 Å². The Balaban J connectivity index is 1.61. The number of hydrogen-bond acceptors (Lipinski definition) is 7. The topological polar surface area (TPSA) is 128 Å². The van der Waals surface area contributed by atoms with E-state index in [1.165, 1.54) is 17.1 Å². The van der Waals surface area contributed by atoms with Crippen molar-refractivity contribution in [3.63, 3.8) is 0 Å². The van der Waals surface area contributed by atoms with Crippen LogP contribution in [0.5, 0.6) is 0 Å². The molecule has 2 amide bonds. The molecule has 0 aliphatic carbocycles. The lowest BCUT2D eigenvalue weighted by Gasteiger charge is -2.23. The molecule has 3 aromatic heterocycles. The molecule has 0 bridgehead atoms. The van der Waals surface area contributed by atoms with E-state index in [0.717, 1.165) is 47.8 Å². The van der Waals surface area contributed by atoms with Gasteiger partial charge in [-0.3, -0.25) is 14.6 Å². The fraction of sp³-hybridized carbons (Fsp3) is 0.296. The van der Waals surface area contributed by atoms with Crippen LogP contribution in [0.25, 0.3) is 10.9 Å². The van der Waals surface area contributed by atoms with Crippen molar-refractivity contribution in [1.82, 2.24) is 24.6 Å². The van der Waals surface area contributed by atoms with Crippen molar-refractivity contribution in [1.29, 1.82) is 0 Å². The van der Waals surface area contributed by atoms with Gasteiger partial charge >= 0.3 is 24.2 Å². The molecule has 43 heavy (non-hydrogen) atoms. The molecule has 0 spiro atoms. The molecule has 0 unspecified atom stereocenters. The lowest BCUT2D eigenvalue weighted by molar-refractivity contribution is -0.144. The Hall–Kier alpha value is -4.73. The second-order valence-corrected chi connectivity index (χ2v) is 9.36. The van der Waals surface area contributed by atoms with Crippen LogP contribution in [0.4, 0.5) is 37.8 Å². The zero-order valence-electron chi connectivity index (χ0n) is 22.5. The third-order valence-electron chi connectivity index (χ3n) is 6.14. The normalized spacial score (nSPS) is 12.0. The number of pyridine rings is 2. The maximum atomic E-state index is 13.4. The molecule has 0 atom stereocenters. The number of halogens is 6. The third kappa shape index (κ3) is 7.57. The summed E-state index contributed by atoms with van der Waals surface area (Å²) >= 11 is 0. The number of benzene rings is 1. The molecule has 16 heteroatoms. The van der Waals surface area contributed by atoms with Crippen molar-refractivity contribution >= 4 is 34.2 Å². The molecular weight excluding hydrogens is 584 g/mol. The summed E-state index contributed by atoms with van der Waals surface area (Å²) in [5, 5.41) is 7.03. The summed E-state index contributed by atoms with van der Waals surface area (Å²) in [5.41, 5.74) is 4.64. The van der Waals surface area contributed by atoms with Crippen LogP contribution in [-0.2, 0) is 46.5 Å². The van der Waals surface area contributed by atoms with Gasteiger partial charge in [0.15, 0.2) is 0 Å². The highest BCUT2D eigenvalue weighted by molar-refractivity contribution is 6.40. The number of aromatic nitrogens is 4. The van der Waals surface area contributed by atoms with E-state index in [1.54, 1.807) is 0 Å². The van der Waals surface area contributed by atoms with Crippen molar-refractivity contribution in [2.45, 2.75) is 45.5 Å². The summed E-state index contributed by atoms with van der Waals surface area (Å²) in [6.07, 6.45) is -5.01. The second-order valence-electron chi connectivity index (χ2n) is 9.36. The minimum atomic E-state index is -4.69. The predicted octanol–water partition coefficient (Wildman–Crippen LogP) is 5.00. The Labute approximate surface area is 240 Å². The van der Waals surface area contributed by atoms with E-state index in [1.807, 2.05) is 6.92 Å². The van der Waals surface area contributed by atoms with Gasteiger partial charge in [-0.05, 0) is 35.7 Å². The van der Waals surface area contributed by atoms with Crippen LogP contribution in [0.2, 0.25) is 0 Å². The Morgan fingerprint density at radius 2 is 1.60 bits per heavy atom. The highest BCUT2D eigenvalue weighted by atomic mass is 19.4. The highest BCUT2D eigenvalue weighted by Crippen LogP contribution is 2.30. The number of amides is 2. The van der Waals surface area contributed by atoms with Gasteiger partial charge in [-0.1, -0.05) is 25.1 Å². The number of ether oxygens (including phenoxy) is 1. The largest absolute Gasteiger partial charge is 0.433 e. The van der Waals surface area contributed by atoms with Gasteiger partial charge in [-0.2, -0.15) is 31.4 Å². The van der Waals surface area contributed by atoms with E-state index in [4.69, 9.17) is 10.5 Å². The van der Waals surface area contributed by atoms with E-state index in [9.17, 15) is 35.9 Å². The molecule has 0 aliphatic heterocycles.